The van der Waals surface area contributed by atoms with Crippen LogP contribution in [-0.2, 0) is 9.53 Å². The predicted octanol–water partition coefficient (Wildman–Crippen LogP) is 0.444. The van der Waals surface area contributed by atoms with Gasteiger partial charge in [0.1, 0.15) is 5.84 Å². The fraction of sp³-hybridized carbons (Fsp3) is 0.818. The number of amidine groups is 1. The van der Waals surface area contributed by atoms with Crippen molar-refractivity contribution in [3.63, 3.8) is 0 Å². The molecule has 0 radical (unpaired) electrons. The molecule has 0 aromatic heterocycles. The van der Waals surface area contributed by atoms with Crippen molar-refractivity contribution in [2.45, 2.75) is 38.6 Å². The molecule has 1 aliphatic rings. The highest BCUT2D eigenvalue weighted by Gasteiger charge is 2.23. The molecule has 0 aromatic carbocycles. The number of nitrogens with zero attached hydrogens (tertiary/aromatic N) is 1. The summed E-state index contributed by atoms with van der Waals surface area (Å²) >= 11 is 0. The summed E-state index contributed by atoms with van der Waals surface area (Å²) in [6.45, 7) is 3.25. The van der Waals surface area contributed by atoms with Crippen molar-refractivity contribution in [3.8, 4) is 0 Å². The monoisotopic (exact) mass is 243 g/mol. The van der Waals surface area contributed by atoms with Gasteiger partial charge in [0.25, 0.3) is 0 Å². The molecule has 1 aliphatic heterocycles. The SMILES string of the molecule is CCC(CC(N)=NO)NC(=O)C1CCOCC1. The normalized spacial score (nSPS) is 19.9. The maximum absolute atomic E-state index is 11.9. The van der Waals surface area contributed by atoms with E-state index in [-0.39, 0.29) is 23.7 Å². The van der Waals surface area contributed by atoms with Crippen LogP contribution in [0.4, 0.5) is 0 Å². The van der Waals surface area contributed by atoms with E-state index < -0.39 is 0 Å². The summed E-state index contributed by atoms with van der Waals surface area (Å²) < 4.78 is 5.21. The van der Waals surface area contributed by atoms with Crippen molar-refractivity contribution in [2.75, 3.05) is 13.2 Å². The third-order valence-corrected chi connectivity index (χ3v) is 3.02. The number of carbonyl (C=O) groups is 1. The fourth-order valence-electron chi connectivity index (χ4n) is 1.87. The molecule has 0 spiro atoms. The molecule has 17 heavy (non-hydrogen) atoms. The molecule has 1 amide bonds. The van der Waals surface area contributed by atoms with Crippen molar-refractivity contribution in [1.82, 2.24) is 5.32 Å². The third-order valence-electron chi connectivity index (χ3n) is 3.02. The lowest BCUT2D eigenvalue weighted by Crippen LogP contribution is -2.42. The number of oxime groups is 1. The van der Waals surface area contributed by atoms with E-state index in [0.29, 0.717) is 19.6 Å². The van der Waals surface area contributed by atoms with Crippen LogP contribution in [0.15, 0.2) is 5.16 Å². The van der Waals surface area contributed by atoms with Gasteiger partial charge in [-0.05, 0) is 19.3 Å². The van der Waals surface area contributed by atoms with Crippen molar-refractivity contribution in [1.29, 1.82) is 0 Å². The second-order valence-corrected chi connectivity index (χ2v) is 4.30. The first-order valence-electron chi connectivity index (χ1n) is 6.01. The third kappa shape index (κ3) is 4.60. The highest BCUT2D eigenvalue weighted by Crippen LogP contribution is 2.15. The van der Waals surface area contributed by atoms with Crippen LogP contribution in [-0.4, -0.2) is 36.2 Å². The average molecular weight is 243 g/mol. The molecule has 0 aliphatic carbocycles. The lowest BCUT2D eigenvalue weighted by Gasteiger charge is -2.24. The number of nitrogens with one attached hydrogen (secondary N) is 1. The molecule has 1 unspecified atom stereocenters. The molecule has 1 heterocycles. The smallest absolute Gasteiger partial charge is 0.223 e. The van der Waals surface area contributed by atoms with Crippen LogP contribution in [0, 0.1) is 5.92 Å². The van der Waals surface area contributed by atoms with Crippen molar-refractivity contribution in [2.24, 2.45) is 16.8 Å². The van der Waals surface area contributed by atoms with E-state index >= 15 is 0 Å². The van der Waals surface area contributed by atoms with Gasteiger partial charge in [-0.1, -0.05) is 12.1 Å². The molecule has 6 heteroatoms. The number of nitrogens with two attached hydrogens (primary N) is 1. The zero-order chi connectivity index (χ0) is 12.7. The zero-order valence-electron chi connectivity index (χ0n) is 10.2. The number of ether oxygens (including phenoxy) is 1. The minimum Gasteiger partial charge on any atom is -0.409 e. The summed E-state index contributed by atoms with van der Waals surface area (Å²) in [6.07, 6.45) is 2.67. The van der Waals surface area contributed by atoms with Crippen LogP contribution in [0.2, 0.25) is 0 Å². The minimum absolute atomic E-state index is 0.0325. The van der Waals surface area contributed by atoms with Crippen LogP contribution < -0.4 is 11.1 Å². The summed E-state index contributed by atoms with van der Waals surface area (Å²) in [5, 5.41) is 14.4. The molecule has 0 bridgehead atoms. The molecule has 1 fully saturated rings. The molecule has 0 aromatic rings. The van der Waals surface area contributed by atoms with E-state index in [2.05, 4.69) is 10.5 Å². The Labute approximate surface area is 101 Å². The molecule has 1 saturated heterocycles. The van der Waals surface area contributed by atoms with Gasteiger partial charge < -0.3 is 21.0 Å². The average Bonchev–Trinajstić information content (AvgIpc) is 2.38. The van der Waals surface area contributed by atoms with Crippen molar-refractivity contribution >= 4 is 11.7 Å². The van der Waals surface area contributed by atoms with Gasteiger partial charge in [-0.15, -0.1) is 0 Å². The lowest BCUT2D eigenvalue weighted by atomic mass is 9.98. The number of hydrogen-bond acceptors (Lipinski definition) is 4. The molecule has 0 saturated carbocycles. The molecular weight excluding hydrogens is 222 g/mol. The Morgan fingerprint density at radius 3 is 2.76 bits per heavy atom. The Morgan fingerprint density at radius 2 is 2.24 bits per heavy atom. The Kier molecular flexibility index (Phi) is 5.76. The molecule has 1 rings (SSSR count). The van der Waals surface area contributed by atoms with Crippen LogP contribution in [0.1, 0.15) is 32.6 Å². The van der Waals surface area contributed by atoms with Crippen LogP contribution >= 0.6 is 0 Å². The van der Waals surface area contributed by atoms with Gasteiger partial charge in [-0.2, -0.15) is 0 Å². The van der Waals surface area contributed by atoms with Crippen molar-refractivity contribution < 1.29 is 14.7 Å². The van der Waals surface area contributed by atoms with E-state index in [1.165, 1.54) is 0 Å². The second-order valence-electron chi connectivity index (χ2n) is 4.30. The second kappa shape index (κ2) is 7.11. The summed E-state index contributed by atoms with van der Waals surface area (Å²) in [5.74, 6) is 0.222. The van der Waals surface area contributed by atoms with E-state index in [1.807, 2.05) is 6.92 Å². The molecular formula is C11H21N3O3. The first kappa shape index (κ1) is 13.8. The molecule has 1 atom stereocenters. The number of amides is 1. The number of carbonyl (C=O) groups excluding carboxylic acids is 1. The van der Waals surface area contributed by atoms with E-state index in [0.717, 1.165) is 19.3 Å². The molecule has 4 N–H and O–H groups in total. The van der Waals surface area contributed by atoms with Gasteiger partial charge >= 0.3 is 0 Å². The van der Waals surface area contributed by atoms with Gasteiger partial charge in [0.15, 0.2) is 0 Å². The Morgan fingerprint density at radius 1 is 1.59 bits per heavy atom. The zero-order valence-corrected chi connectivity index (χ0v) is 10.2. The van der Waals surface area contributed by atoms with Crippen LogP contribution in [0.5, 0.6) is 0 Å². The van der Waals surface area contributed by atoms with E-state index in [9.17, 15) is 4.79 Å². The maximum Gasteiger partial charge on any atom is 0.223 e. The lowest BCUT2D eigenvalue weighted by molar-refractivity contribution is -0.128. The maximum atomic E-state index is 11.9. The first-order valence-corrected chi connectivity index (χ1v) is 6.01. The van der Waals surface area contributed by atoms with Crippen LogP contribution in [0.3, 0.4) is 0 Å². The highest BCUT2D eigenvalue weighted by molar-refractivity contribution is 5.82. The molecule has 98 valence electrons. The van der Waals surface area contributed by atoms with Crippen LogP contribution in [0.25, 0.3) is 0 Å². The fourth-order valence-corrected chi connectivity index (χ4v) is 1.87. The predicted molar refractivity (Wildman–Crippen MR) is 63.8 cm³/mol. The summed E-state index contributed by atoms with van der Waals surface area (Å²) in [7, 11) is 0. The number of rotatable bonds is 5. The number of hydrogen-bond donors (Lipinski definition) is 3. The molecule has 6 nitrogen and oxygen atoms in total. The minimum atomic E-state index is -0.0683. The van der Waals surface area contributed by atoms with Crippen molar-refractivity contribution in [3.05, 3.63) is 0 Å². The van der Waals surface area contributed by atoms with Gasteiger partial charge in [0, 0.05) is 31.6 Å². The van der Waals surface area contributed by atoms with Gasteiger partial charge in [0.05, 0.1) is 0 Å². The van der Waals surface area contributed by atoms with E-state index in [4.69, 9.17) is 15.7 Å². The topological polar surface area (TPSA) is 96.9 Å². The van der Waals surface area contributed by atoms with Gasteiger partial charge in [-0.25, -0.2) is 0 Å². The standard InChI is InChI=1S/C11H21N3O3/c1-2-9(7-10(12)14-16)13-11(15)8-3-5-17-6-4-8/h8-9,16H,2-7H2,1H3,(H2,12,14)(H,13,15). The van der Waals surface area contributed by atoms with E-state index in [1.54, 1.807) is 0 Å². The summed E-state index contributed by atoms with van der Waals surface area (Å²) in [5.41, 5.74) is 5.43. The summed E-state index contributed by atoms with van der Waals surface area (Å²) in [6, 6.07) is -0.0683. The Bertz CT molecular complexity index is 275. The largest absolute Gasteiger partial charge is 0.409 e. The van der Waals surface area contributed by atoms with Gasteiger partial charge in [-0.3, -0.25) is 4.79 Å². The Balaban J connectivity index is 2.41. The summed E-state index contributed by atoms with van der Waals surface area (Å²) in [4.78, 5) is 11.9. The van der Waals surface area contributed by atoms with Gasteiger partial charge in [0.2, 0.25) is 5.91 Å². The first-order chi connectivity index (χ1) is 8.17. The highest BCUT2D eigenvalue weighted by atomic mass is 16.5. The Hall–Kier alpha value is -1.30. The quantitative estimate of drug-likeness (QED) is 0.282.